The van der Waals surface area contributed by atoms with Crippen LogP contribution in [0.4, 0.5) is 0 Å². The normalized spacial score (nSPS) is 10.8. The highest BCUT2D eigenvalue weighted by atomic mass is 32.1. The molecule has 1 N–H and O–H groups in total. The fraction of sp³-hybridized carbons (Fsp3) is 0.0588. The van der Waals surface area contributed by atoms with Crippen molar-refractivity contribution in [2.45, 2.75) is 6.54 Å². The Bertz CT molecular complexity index is 960. The minimum atomic E-state index is -0.155. The van der Waals surface area contributed by atoms with Crippen LogP contribution in [0.25, 0.3) is 16.0 Å². The zero-order valence-corrected chi connectivity index (χ0v) is 13.4. The molecule has 0 radical (unpaired) electrons. The van der Waals surface area contributed by atoms with Gasteiger partial charge in [0.1, 0.15) is 17.2 Å². The third kappa shape index (κ3) is 2.89. The summed E-state index contributed by atoms with van der Waals surface area (Å²) in [5.74, 6) is 0.498. The number of thiazole rings is 1. The van der Waals surface area contributed by atoms with Crippen LogP contribution in [-0.2, 0) is 6.54 Å². The summed E-state index contributed by atoms with van der Waals surface area (Å²) >= 11 is 1.59. The number of nitrogens with one attached hydrogen (secondary N) is 1. The predicted octanol–water partition coefficient (Wildman–Crippen LogP) is 2.81. The van der Waals surface area contributed by atoms with E-state index in [2.05, 4.69) is 20.3 Å². The van der Waals surface area contributed by atoms with Gasteiger partial charge >= 0.3 is 0 Å². The molecule has 7 heteroatoms. The lowest BCUT2D eigenvalue weighted by Gasteiger charge is -2.05. The molecule has 4 aromatic rings. The van der Waals surface area contributed by atoms with Crippen molar-refractivity contribution in [3.05, 3.63) is 71.9 Å². The molecule has 24 heavy (non-hydrogen) atoms. The van der Waals surface area contributed by atoms with Gasteiger partial charge in [-0.15, -0.1) is 11.3 Å². The lowest BCUT2D eigenvalue weighted by Crippen LogP contribution is -2.23. The lowest BCUT2D eigenvalue weighted by atomic mass is 10.2. The van der Waals surface area contributed by atoms with E-state index < -0.39 is 0 Å². The van der Waals surface area contributed by atoms with Crippen molar-refractivity contribution in [2.75, 3.05) is 0 Å². The molecule has 6 nitrogen and oxygen atoms in total. The quantitative estimate of drug-likeness (QED) is 0.622. The molecule has 0 bridgehead atoms. The summed E-state index contributed by atoms with van der Waals surface area (Å²) in [6, 6.07) is 11.4. The van der Waals surface area contributed by atoms with Crippen molar-refractivity contribution in [3.63, 3.8) is 0 Å². The standard InChI is InChI=1S/C17H13N5OS/c23-17(12-5-6-19-15(9-12)22-8-7-18-11-22)20-10-16-21-13-3-1-2-4-14(13)24-16/h1-9,11H,10H2,(H,20,23). The van der Waals surface area contributed by atoms with Crippen molar-refractivity contribution >= 4 is 27.5 Å². The number of imidazole rings is 1. The maximum absolute atomic E-state index is 12.4. The van der Waals surface area contributed by atoms with E-state index in [0.717, 1.165) is 15.2 Å². The minimum absolute atomic E-state index is 0.155. The second kappa shape index (κ2) is 6.21. The van der Waals surface area contributed by atoms with E-state index in [-0.39, 0.29) is 5.91 Å². The highest BCUT2D eigenvalue weighted by Crippen LogP contribution is 2.21. The lowest BCUT2D eigenvalue weighted by molar-refractivity contribution is 0.0950. The molecule has 3 aromatic heterocycles. The molecule has 118 valence electrons. The molecule has 4 rings (SSSR count). The van der Waals surface area contributed by atoms with Crippen LogP contribution in [0.15, 0.2) is 61.3 Å². The SMILES string of the molecule is O=C(NCc1nc2ccccc2s1)c1ccnc(-n2ccnc2)c1. The Morgan fingerprint density at radius 1 is 1.21 bits per heavy atom. The first-order chi connectivity index (χ1) is 11.8. The van der Waals surface area contributed by atoms with Gasteiger partial charge in [0.15, 0.2) is 0 Å². The number of pyridine rings is 1. The Labute approximate surface area is 141 Å². The summed E-state index contributed by atoms with van der Waals surface area (Å²) in [5.41, 5.74) is 1.51. The Hall–Kier alpha value is -3.06. The molecule has 0 fully saturated rings. The maximum atomic E-state index is 12.4. The van der Waals surface area contributed by atoms with Gasteiger partial charge in [-0.3, -0.25) is 9.36 Å². The number of carbonyl (C=O) groups excluding carboxylic acids is 1. The van der Waals surface area contributed by atoms with Crippen LogP contribution in [0.1, 0.15) is 15.4 Å². The second-order valence-electron chi connectivity index (χ2n) is 5.13. The fourth-order valence-corrected chi connectivity index (χ4v) is 3.26. The van der Waals surface area contributed by atoms with Crippen molar-refractivity contribution in [1.82, 2.24) is 24.8 Å². The van der Waals surface area contributed by atoms with Crippen LogP contribution in [0, 0.1) is 0 Å². The van der Waals surface area contributed by atoms with Crippen LogP contribution in [0.5, 0.6) is 0 Å². The maximum Gasteiger partial charge on any atom is 0.251 e. The highest BCUT2D eigenvalue weighted by molar-refractivity contribution is 7.18. The summed E-state index contributed by atoms with van der Waals surface area (Å²) in [5, 5.41) is 3.79. The van der Waals surface area contributed by atoms with E-state index in [9.17, 15) is 4.79 Å². The van der Waals surface area contributed by atoms with E-state index in [1.165, 1.54) is 0 Å². The molecule has 0 saturated heterocycles. The van der Waals surface area contributed by atoms with Gasteiger partial charge in [-0.2, -0.15) is 0 Å². The first-order valence-electron chi connectivity index (χ1n) is 7.36. The monoisotopic (exact) mass is 335 g/mol. The summed E-state index contributed by atoms with van der Waals surface area (Å²) in [6.45, 7) is 0.404. The molecule has 0 aliphatic heterocycles. The first kappa shape index (κ1) is 14.5. The van der Waals surface area contributed by atoms with Gasteiger partial charge in [-0.25, -0.2) is 15.0 Å². The van der Waals surface area contributed by atoms with E-state index in [4.69, 9.17) is 0 Å². The van der Waals surface area contributed by atoms with Gasteiger partial charge in [-0.05, 0) is 24.3 Å². The molecule has 0 aliphatic rings. The van der Waals surface area contributed by atoms with Crippen molar-refractivity contribution in [1.29, 1.82) is 0 Å². The van der Waals surface area contributed by atoms with Crippen molar-refractivity contribution in [3.8, 4) is 5.82 Å². The molecule has 0 saturated carbocycles. The van der Waals surface area contributed by atoms with Gasteiger partial charge in [0.05, 0.1) is 16.8 Å². The summed E-state index contributed by atoms with van der Waals surface area (Å²) < 4.78 is 2.87. The van der Waals surface area contributed by atoms with Crippen LogP contribution in [0.2, 0.25) is 0 Å². The molecular formula is C17H13N5OS. The Kier molecular flexibility index (Phi) is 3.76. The molecule has 1 amide bonds. The fourth-order valence-electron chi connectivity index (χ4n) is 2.35. The summed E-state index contributed by atoms with van der Waals surface area (Å²) in [4.78, 5) is 25.1. The molecule has 0 spiro atoms. The number of benzene rings is 1. The molecule has 0 unspecified atom stereocenters. The summed E-state index contributed by atoms with van der Waals surface area (Å²) in [6.07, 6.45) is 6.71. The summed E-state index contributed by atoms with van der Waals surface area (Å²) in [7, 11) is 0. The van der Waals surface area contributed by atoms with Crippen LogP contribution < -0.4 is 5.32 Å². The van der Waals surface area contributed by atoms with E-state index in [1.807, 2.05) is 24.3 Å². The number of aromatic nitrogens is 4. The average molecular weight is 335 g/mol. The zero-order chi connectivity index (χ0) is 16.4. The Balaban J connectivity index is 1.49. The molecule has 0 atom stereocenters. The number of rotatable bonds is 4. The first-order valence-corrected chi connectivity index (χ1v) is 8.18. The minimum Gasteiger partial charge on any atom is -0.346 e. The number of para-hydroxylation sites is 1. The van der Waals surface area contributed by atoms with Crippen LogP contribution in [-0.4, -0.2) is 25.4 Å². The number of fused-ring (bicyclic) bond motifs is 1. The zero-order valence-electron chi connectivity index (χ0n) is 12.6. The van der Waals surface area contributed by atoms with Gasteiger partial charge in [-0.1, -0.05) is 12.1 Å². The van der Waals surface area contributed by atoms with Crippen LogP contribution >= 0.6 is 11.3 Å². The molecule has 0 aliphatic carbocycles. The number of hydrogen-bond donors (Lipinski definition) is 1. The van der Waals surface area contributed by atoms with Crippen molar-refractivity contribution < 1.29 is 4.79 Å². The van der Waals surface area contributed by atoms with Crippen LogP contribution in [0.3, 0.4) is 0 Å². The number of amides is 1. The predicted molar refractivity (Wildman–Crippen MR) is 92.1 cm³/mol. The van der Waals surface area contributed by atoms with E-state index in [1.54, 1.807) is 53.0 Å². The molecule has 3 heterocycles. The smallest absolute Gasteiger partial charge is 0.251 e. The van der Waals surface area contributed by atoms with E-state index >= 15 is 0 Å². The second-order valence-corrected chi connectivity index (χ2v) is 6.25. The Morgan fingerprint density at radius 2 is 2.12 bits per heavy atom. The number of nitrogens with zero attached hydrogens (tertiary/aromatic N) is 4. The number of carbonyl (C=O) groups is 1. The average Bonchev–Trinajstić information content (AvgIpc) is 3.29. The number of hydrogen-bond acceptors (Lipinski definition) is 5. The van der Waals surface area contributed by atoms with Crippen molar-refractivity contribution in [2.24, 2.45) is 0 Å². The Morgan fingerprint density at radius 3 is 2.96 bits per heavy atom. The van der Waals surface area contributed by atoms with E-state index in [0.29, 0.717) is 17.9 Å². The van der Waals surface area contributed by atoms with Gasteiger partial charge in [0.2, 0.25) is 0 Å². The topological polar surface area (TPSA) is 72.7 Å². The van der Waals surface area contributed by atoms with Gasteiger partial charge in [0.25, 0.3) is 5.91 Å². The van der Waals surface area contributed by atoms with Gasteiger partial charge < -0.3 is 5.32 Å². The largest absolute Gasteiger partial charge is 0.346 e. The molecule has 1 aromatic carbocycles. The third-order valence-electron chi connectivity index (χ3n) is 3.51. The third-order valence-corrected chi connectivity index (χ3v) is 4.55. The van der Waals surface area contributed by atoms with Gasteiger partial charge in [0, 0.05) is 24.2 Å². The molecular weight excluding hydrogens is 322 g/mol. The highest BCUT2D eigenvalue weighted by Gasteiger charge is 2.09.